The van der Waals surface area contributed by atoms with Crippen LogP contribution in [0.25, 0.3) is 23.4 Å². The van der Waals surface area contributed by atoms with Gasteiger partial charge in [-0.15, -0.1) is 0 Å². The number of carbonyl (C=O) groups is 1. The number of anilines is 1. The Balaban J connectivity index is 1.69. The minimum atomic E-state index is -0.235. The minimum absolute atomic E-state index is 0.235. The molecule has 0 bridgehead atoms. The summed E-state index contributed by atoms with van der Waals surface area (Å²) < 4.78 is 5.23. The SMILES string of the molecule is COc1ccc(-c2cnc(NC(=O)c3ccccc3)c(/C=C/c3ccccc3)n2)cc1. The molecule has 0 aliphatic carbocycles. The smallest absolute Gasteiger partial charge is 0.256 e. The zero-order valence-electron chi connectivity index (χ0n) is 17.0. The summed E-state index contributed by atoms with van der Waals surface area (Å²) >= 11 is 0. The number of methoxy groups -OCH3 is 1. The van der Waals surface area contributed by atoms with Gasteiger partial charge in [-0.1, -0.05) is 54.6 Å². The van der Waals surface area contributed by atoms with Gasteiger partial charge >= 0.3 is 0 Å². The molecule has 1 heterocycles. The van der Waals surface area contributed by atoms with Crippen molar-refractivity contribution in [3.8, 4) is 17.0 Å². The lowest BCUT2D eigenvalue weighted by Crippen LogP contribution is -2.14. The molecule has 0 radical (unpaired) electrons. The lowest BCUT2D eigenvalue weighted by molar-refractivity contribution is 0.102. The first kappa shape index (κ1) is 20.0. The highest BCUT2D eigenvalue weighted by atomic mass is 16.5. The highest BCUT2D eigenvalue weighted by Gasteiger charge is 2.12. The normalized spacial score (nSPS) is 10.7. The number of nitrogens with one attached hydrogen (secondary N) is 1. The largest absolute Gasteiger partial charge is 0.497 e. The van der Waals surface area contributed by atoms with Crippen LogP contribution in [0, 0.1) is 0 Å². The topological polar surface area (TPSA) is 64.1 Å². The molecule has 0 unspecified atom stereocenters. The van der Waals surface area contributed by atoms with Crippen LogP contribution in [0.5, 0.6) is 5.75 Å². The number of benzene rings is 3. The van der Waals surface area contributed by atoms with Gasteiger partial charge < -0.3 is 10.1 Å². The lowest BCUT2D eigenvalue weighted by atomic mass is 10.1. The van der Waals surface area contributed by atoms with Crippen LogP contribution in [0.15, 0.2) is 91.1 Å². The van der Waals surface area contributed by atoms with Gasteiger partial charge in [-0.05, 0) is 48.0 Å². The van der Waals surface area contributed by atoms with Gasteiger partial charge in [0.25, 0.3) is 5.91 Å². The van der Waals surface area contributed by atoms with Gasteiger partial charge in [0.2, 0.25) is 0 Å². The van der Waals surface area contributed by atoms with Gasteiger partial charge in [0.15, 0.2) is 5.82 Å². The van der Waals surface area contributed by atoms with E-state index in [1.54, 1.807) is 25.4 Å². The molecule has 3 aromatic carbocycles. The number of ether oxygens (including phenoxy) is 1. The Labute approximate surface area is 181 Å². The van der Waals surface area contributed by atoms with Gasteiger partial charge in [0.05, 0.1) is 19.0 Å². The van der Waals surface area contributed by atoms with Crippen LogP contribution in [0.2, 0.25) is 0 Å². The molecule has 5 heteroatoms. The average Bonchev–Trinajstić information content (AvgIpc) is 2.84. The van der Waals surface area contributed by atoms with Crippen molar-refractivity contribution in [2.75, 3.05) is 12.4 Å². The number of hydrogen-bond donors (Lipinski definition) is 1. The molecule has 0 atom stereocenters. The third kappa shape index (κ3) is 5.03. The quantitative estimate of drug-likeness (QED) is 0.453. The van der Waals surface area contributed by atoms with Crippen LogP contribution in [0.1, 0.15) is 21.6 Å². The molecular formula is C26H21N3O2. The van der Waals surface area contributed by atoms with Gasteiger partial charge in [-0.25, -0.2) is 9.97 Å². The third-order valence-corrected chi connectivity index (χ3v) is 4.69. The maximum atomic E-state index is 12.6. The summed E-state index contributed by atoms with van der Waals surface area (Å²) in [7, 11) is 1.63. The minimum Gasteiger partial charge on any atom is -0.497 e. The van der Waals surface area contributed by atoms with E-state index in [9.17, 15) is 4.79 Å². The summed E-state index contributed by atoms with van der Waals surface area (Å²) in [5, 5.41) is 2.88. The van der Waals surface area contributed by atoms with Crippen molar-refractivity contribution in [2.24, 2.45) is 0 Å². The second kappa shape index (κ2) is 9.50. The van der Waals surface area contributed by atoms with Crippen LogP contribution < -0.4 is 10.1 Å². The van der Waals surface area contributed by atoms with Crippen molar-refractivity contribution >= 4 is 23.9 Å². The lowest BCUT2D eigenvalue weighted by Gasteiger charge is -2.10. The molecule has 31 heavy (non-hydrogen) atoms. The highest BCUT2D eigenvalue weighted by Crippen LogP contribution is 2.24. The van der Waals surface area contributed by atoms with Crippen LogP contribution >= 0.6 is 0 Å². The third-order valence-electron chi connectivity index (χ3n) is 4.69. The first-order valence-corrected chi connectivity index (χ1v) is 9.84. The fraction of sp³-hybridized carbons (Fsp3) is 0.0385. The van der Waals surface area contributed by atoms with E-state index in [1.807, 2.05) is 84.9 Å². The fourth-order valence-electron chi connectivity index (χ4n) is 3.03. The number of carbonyl (C=O) groups excluding carboxylic acids is 1. The second-order valence-corrected chi connectivity index (χ2v) is 6.78. The molecule has 4 aromatic rings. The van der Waals surface area contributed by atoms with E-state index in [0.29, 0.717) is 22.8 Å². The van der Waals surface area contributed by atoms with Crippen molar-refractivity contribution in [2.45, 2.75) is 0 Å². The monoisotopic (exact) mass is 407 g/mol. The molecule has 0 spiro atoms. The molecule has 0 saturated heterocycles. The first-order chi connectivity index (χ1) is 15.2. The second-order valence-electron chi connectivity index (χ2n) is 6.78. The first-order valence-electron chi connectivity index (χ1n) is 9.84. The molecule has 5 nitrogen and oxygen atoms in total. The Morgan fingerprint density at radius 1 is 0.871 bits per heavy atom. The van der Waals surface area contributed by atoms with Crippen molar-refractivity contribution < 1.29 is 9.53 Å². The summed E-state index contributed by atoms with van der Waals surface area (Å²) in [5.41, 5.74) is 3.76. The number of hydrogen-bond acceptors (Lipinski definition) is 4. The summed E-state index contributed by atoms with van der Waals surface area (Å²) in [4.78, 5) is 21.9. The highest BCUT2D eigenvalue weighted by molar-refractivity contribution is 6.04. The average molecular weight is 407 g/mol. The predicted molar refractivity (Wildman–Crippen MR) is 124 cm³/mol. The Bertz CT molecular complexity index is 1190. The van der Waals surface area contributed by atoms with E-state index in [-0.39, 0.29) is 5.91 Å². The van der Waals surface area contributed by atoms with Crippen LogP contribution in [-0.2, 0) is 0 Å². The standard InChI is InChI=1S/C26H21N3O2/c1-31-22-15-13-20(14-16-22)24-18-27-25(29-26(30)21-10-6-3-7-11-21)23(28-24)17-12-19-8-4-2-5-9-19/h2-18H,1H3,(H,27,29,30)/b17-12+. The summed E-state index contributed by atoms with van der Waals surface area (Å²) in [6, 6.07) is 26.5. The van der Waals surface area contributed by atoms with E-state index >= 15 is 0 Å². The molecular weight excluding hydrogens is 386 g/mol. The number of aromatic nitrogens is 2. The van der Waals surface area contributed by atoms with E-state index in [0.717, 1.165) is 16.9 Å². The number of rotatable bonds is 6. The van der Waals surface area contributed by atoms with Crippen molar-refractivity contribution in [1.82, 2.24) is 9.97 Å². The zero-order valence-corrected chi connectivity index (χ0v) is 17.0. The van der Waals surface area contributed by atoms with Crippen LogP contribution in [-0.4, -0.2) is 23.0 Å². The molecule has 4 rings (SSSR count). The van der Waals surface area contributed by atoms with Gasteiger partial charge in [-0.3, -0.25) is 4.79 Å². The van der Waals surface area contributed by atoms with Crippen molar-refractivity contribution in [3.05, 3.63) is 108 Å². The Morgan fingerprint density at radius 2 is 1.55 bits per heavy atom. The molecule has 152 valence electrons. The molecule has 1 amide bonds. The molecule has 0 fully saturated rings. The molecule has 0 aliphatic rings. The van der Waals surface area contributed by atoms with E-state index in [1.165, 1.54) is 0 Å². The van der Waals surface area contributed by atoms with Crippen LogP contribution in [0.4, 0.5) is 5.82 Å². The summed E-state index contributed by atoms with van der Waals surface area (Å²) in [6.07, 6.45) is 5.46. The molecule has 1 aromatic heterocycles. The van der Waals surface area contributed by atoms with E-state index in [4.69, 9.17) is 9.72 Å². The number of amides is 1. The molecule has 1 N–H and O–H groups in total. The van der Waals surface area contributed by atoms with Crippen molar-refractivity contribution in [3.63, 3.8) is 0 Å². The van der Waals surface area contributed by atoms with E-state index < -0.39 is 0 Å². The number of nitrogens with zero attached hydrogens (tertiary/aromatic N) is 2. The van der Waals surface area contributed by atoms with Gasteiger partial charge in [0.1, 0.15) is 11.4 Å². The Kier molecular flexibility index (Phi) is 6.14. The summed E-state index contributed by atoms with van der Waals surface area (Å²) in [6.45, 7) is 0. The van der Waals surface area contributed by atoms with E-state index in [2.05, 4.69) is 10.3 Å². The fourth-order valence-corrected chi connectivity index (χ4v) is 3.03. The van der Waals surface area contributed by atoms with Gasteiger partial charge in [0, 0.05) is 11.1 Å². The molecule has 0 aliphatic heterocycles. The maximum Gasteiger partial charge on any atom is 0.256 e. The maximum absolute atomic E-state index is 12.6. The predicted octanol–water partition coefficient (Wildman–Crippen LogP) is 5.57. The Morgan fingerprint density at radius 3 is 2.23 bits per heavy atom. The summed E-state index contributed by atoms with van der Waals surface area (Å²) in [5.74, 6) is 0.937. The zero-order chi connectivity index (χ0) is 21.5. The Hall–Kier alpha value is -4.25. The van der Waals surface area contributed by atoms with Crippen LogP contribution in [0.3, 0.4) is 0 Å². The molecule has 0 saturated carbocycles. The van der Waals surface area contributed by atoms with Crippen molar-refractivity contribution in [1.29, 1.82) is 0 Å². The van der Waals surface area contributed by atoms with Gasteiger partial charge in [-0.2, -0.15) is 0 Å².